The summed E-state index contributed by atoms with van der Waals surface area (Å²) in [5.41, 5.74) is 0.255. The molecular formula is C13H9F3N2O2. The van der Waals surface area contributed by atoms with Gasteiger partial charge in [0.05, 0.1) is 5.69 Å². The number of amides is 1. The summed E-state index contributed by atoms with van der Waals surface area (Å²) in [5.74, 6) is -5.06. The minimum absolute atomic E-state index is 0.0557. The van der Waals surface area contributed by atoms with Crippen LogP contribution in [-0.2, 0) is 4.79 Å². The predicted octanol–water partition coefficient (Wildman–Crippen LogP) is 3.25. The van der Waals surface area contributed by atoms with Crippen molar-refractivity contribution in [2.24, 2.45) is 0 Å². The van der Waals surface area contributed by atoms with Crippen LogP contribution in [0.2, 0.25) is 0 Å². The van der Waals surface area contributed by atoms with Gasteiger partial charge in [0.1, 0.15) is 0 Å². The minimum Gasteiger partial charge on any atom is -0.434 e. The number of carbonyl (C=O) groups is 1. The molecule has 2 rings (SSSR count). The fraction of sp³-hybridized carbons (Fsp3) is 0.0769. The first kappa shape index (κ1) is 13.9. The van der Waals surface area contributed by atoms with Crippen LogP contribution in [0.4, 0.5) is 18.9 Å². The second kappa shape index (κ2) is 5.60. The largest absolute Gasteiger partial charge is 0.434 e. The first-order valence-electron chi connectivity index (χ1n) is 5.53. The Balaban J connectivity index is 2.35. The Morgan fingerprint density at radius 3 is 2.60 bits per heavy atom. The van der Waals surface area contributed by atoms with Crippen LogP contribution >= 0.6 is 0 Å². The summed E-state index contributed by atoms with van der Waals surface area (Å²) in [6, 6.07) is 6.45. The van der Waals surface area contributed by atoms with Gasteiger partial charge in [-0.3, -0.25) is 4.79 Å². The molecule has 4 nitrogen and oxygen atoms in total. The van der Waals surface area contributed by atoms with E-state index in [2.05, 4.69) is 10.3 Å². The lowest BCUT2D eigenvalue weighted by molar-refractivity contribution is -0.114. The lowest BCUT2D eigenvalue weighted by atomic mass is 10.3. The third-order valence-electron chi connectivity index (χ3n) is 2.26. The highest BCUT2D eigenvalue weighted by Gasteiger charge is 2.15. The Morgan fingerprint density at radius 2 is 1.90 bits per heavy atom. The summed E-state index contributed by atoms with van der Waals surface area (Å²) in [7, 11) is 0. The van der Waals surface area contributed by atoms with Crippen LogP contribution in [0.3, 0.4) is 0 Å². The molecule has 0 unspecified atom stereocenters. The van der Waals surface area contributed by atoms with Crippen molar-refractivity contribution in [3.63, 3.8) is 0 Å². The number of anilines is 1. The number of rotatable bonds is 3. The lowest BCUT2D eigenvalue weighted by Gasteiger charge is -2.11. The number of nitrogens with zero attached hydrogens (tertiary/aromatic N) is 1. The van der Waals surface area contributed by atoms with Crippen molar-refractivity contribution in [2.45, 2.75) is 6.92 Å². The number of halogens is 3. The highest BCUT2D eigenvalue weighted by molar-refractivity contribution is 5.90. The number of pyridine rings is 1. The van der Waals surface area contributed by atoms with Crippen LogP contribution in [0, 0.1) is 17.6 Å². The number of aromatic nitrogens is 1. The average molecular weight is 282 g/mol. The van der Waals surface area contributed by atoms with E-state index in [-0.39, 0.29) is 17.3 Å². The van der Waals surface area contributed by atoms with E-state index in [1.807, 2.05) is 0 Å². The molecule has 1 amide bonds. The third kappa shape index (κ3) is 3.05. The molecule has 0 atom stereocenters. The van der Waals surface area contributed by atoms with E-state index in [1.165, 1.54) is 19.1 Å². The molecule has 0 aliphatic rings. The van der Waals surface area contributed by atoms with Gasteiger partial charge in [0.2, 0.25) is 5.91 Å². The number of hydrogen-bond donors (Lipinski definition) is 1. The van der Waals surface area contributed by atoms with Crippen molar-refractivity contribution in [3.05, 3.63) is 47.9 Å². The van der Waals surface area contributed by atoms with Crippen LogP contribution in [0.5, 0.6) is 11.6 Å². The van der Waals surface area contributed by atoms with E-state index in [1.54, 1.807) is 12.1 Å². The molecule has 0 radical (unpaired) electrons. The Labute approximate surface area is 112 Å². The van der Waals surface area contributed by atoms with Crippen LogP contribution < -0.4 is 10.1 Å². The highest BCUT2D eigenvalue weighted by Crippen LogP contribution is 2.30. The van der Waals surface area contributed by atoms with Crippen molar-refractivity contribution in [1.82, 2.24) is 4.98 Å². The molecule has 0 saturated heterocycles. The molecule has 1 heterocycles. The van der Waals surface area contributed by atoms with E-state index >= 15 is 0 Å². The summed E-state index contributed by atoms with van der Waals surface area (Å²) in [6.07, 6.45) is 0. The maximum absolute atomic E-state index is 13.4. The Bertz CT molecular complexity index is 662. The molecule has 0 bridgehead atoms. The number of para-hydroxylation sites is 2. The Hall–Kier alpha value is -2.57. The molecule has 1 aromatic carbocycles. The summed E-state index contributed by atoms with van der Waals surface area (Å²) < 4.78 is 44.2. The highest BCUT2D eigenvalue weighted by atomic mass is 19.2. The van der Waals surface area contributed by atoms with Crippen LogP contribution in [0.25, 0.3) is 0 Å². The molecule has 0 aliphatic carbocycles. The van der Waals surface area contributed by atoms with Crippen molar-refractivity contribution in [1.29, 1.82) is 0 Å². The molecule has 0 spiro atoms. The smallest absolute Gasteiger partial charge is 0.258 e. The number of nitrogens with one attached hydrogen (secondary N) is 1. The molecule has 0 saturated carbocycles. The van der Waals surface area contributed by atoms with Gasteiger partial charge >= 0.3 is 0 Å². The molecule has 0 aliphatic heterocycles. The maximum atomic E-state index is 13.4. The van der Waals surface area contributed by atoms with Crippen LogP contribution in [0.15, 0.2) is 30.3 Å². The Morgan fingerprint density at radius 1 is 1.20 bits per heavy atom. The van der Waals surface area contributed by atoms with Crippen molar-refractivity contribution in [2.75, 3.05) is 5.32 Å². The van der Waals surface area contributed by atoms with Crippen molar-refractivity contribution in [3.8, 4) is 11.6 Å². The molecular weight excluding hydrogens is 273 g/mol. The number of hydrogen-bond acceptors (Lipinski definition) is 3. The third-order valence-corrected chi connectivity index (χ3v) is 2.26. The molecule has 1 N–H and O–H groups in total. The summed E-state index contributed by atoms with van der Waals surface area (Å²) in [5, 5.41) is 2.46. The molecule has 7 heteroatoms. The van der Waals surface area contributed by atoms with Crippen molar-refractivity contribution >= 4 is 11.6 Å². The Kier molecular flexibility index (Phi) is 3.88. The van der Waals surface area contributed by atoms with E-state index < -0.39 is 23.5 Å². The second-order valence-corrected chi connectivity index (χ2v) is 3.83. The zero-order valence-electron chi connectivity index (χ0n) is 10.3. The van der Waals surface area contributed by atoms with Gasteiger partial charge in [0.15, 0.2) is 17.4 Å². The summed E-state index contributed by atoms with van der Waals surface area (Å²) >= 11 is 0. The van der Waals surface area contributed by atoms with Gasteiger partial charge in [-0.15, -0.1) is 0 Å². The zero-order chi connectivity index (χ0) is 14.7. The molecule has 2 aromatic rings. The summed E-state index contributed by atoms with van der Waals surface area (Å²) in [6.45, 7) is 1.28. The van der Waals surface area contributed by atoms with Crippen LogP contribution in [0.1, 0.15) is 6.92 Å². The minimum atomic E-state index is -1.47. The SMILES string of the molecule is CC(=O)Nc1ccccc1Oc1nc(F)c(F)cc1F. The van der Waals surface area contributed by atoms with E-state index in [0.717, 1.165) is 0 Å². The maximum Gasteiger partial charge on any atom is 0.258 e. The van der Waals surface area contributed by atoms with Gasteiger partial charge in [0.25, 0.3) is 11.8 Å². The lowest BCUT2D eigenvalue weighted by Crippen LogP contribution is -2.07. The van der Waals surface area contributed by atoms with Gasteiger partial charge in [-0.05, 0) is 12.1 Å². The summed E-state index contributed by atoms with van der Waals surface area (Å²) in [4.78, 5) is 14.1. The number of benzene rings is 1. The van der Waals surface area contributed by atoms with E-state index in [9.17, 15) is 18.0 Å². The van der Waals surface area contributed by atoms with Gasteiger partial charge in [-0.2, -0.15) is 9.37 Å². The van der Waals surface area contributed by atoms with Gasteiger partial charge in [0, 0.05) is 13.0 Å². The average Bonchev–Trinajstić information content (AvgIpc) is 2.37. The molecule has 20 heavy (non-hydrogen) atoms. The molecule has 1 aromatic heterocycles. The topological polar surface area (TPSA) is 51.2 Å². The van der Waals surface area contributed by atoms with Crippen molar-refractivity contribution < 1.29 is 22.7 Å². The second-order valence-electron chi connectivity index (χ2n) is 3.83. The number of carbonyl (C=O) groups excluding carboxylic acids is 1. The normalized spacial score (nSPS) is 10.2. The first-order valence-corrected chi connectivity index (χ1v) is 5.53. The van der Waals surface area contributed by atoms with Gasteiger partial charge < -0.3 is 10.1 Å². The number of ether oxygens (including phenoxy) is 1. The molecule has 104 valence electrons. The fourth-order valence-corrected chi connectivity index (χ4v) is 1.45. The van der Waals surface area contributed by atoms with E-state index in [0.29, 0.717) is 6.07 Å². The predicted molar refractivity (Wildman–Crippen MR) is 64.9 cm³/mol. The standard InChI is InChI=1S/C13H9F3N2O2/c1-7(19)17-10-4-2-3-5-11(10)20-13-9(15)6-8(14)12(16)18-13/h2-6H,1H3,(H,17,19). The van der Waals surface area contributed by atoms with Gasteiger partial charge in [-0.1, -0.05) is 12.1 Å². The quantitative estimate of drug-likeness (QED) is 0.879. The first-order chi connectivity index (χ1) is 9.47. The van der Waals surface area contributed by atoms with Gasteiger partial charge in [-0.25, -0.2) is 8.78 Å². The fourth-order valence-electron chi connectivity index (χ4n) is 1.45. The molecule has 0 fully saturated rings. The zero-order valence-corrected chi connectivity index (χ0v) is 10.3. The van der Waals surface area contributed by atoms with E-state index in [4.69, 9.17) is 4.74 Å². The van der Waals surface area contributed by atoms with Crippen LogP contribution in [-0.4, -0.2) is 10.9 Å². The monoisotopic (exact) mass is 282 g/mol.